The molecule has 1 saturated heterocycles. The van der Waals surface area contributed by atoms with Crippen molar-refractivity contribution in [3.05, 3.63) is 47.1 Å². The van der Waals surface area contributed by atoms with Gasteiger partial charge in [0, 0.05) is 24.3 Å². The maximum absolute atomic E-state index is 13.2. The molecular weight excluding hydrogens is 475 g/mol. The van der Waals surface area contributed by atoms with Gasteiger partial charge in [0.15, 0.2) is 0 Å². The summed E-state index contributed by atoms with van der Waals surface area (Å²) in [6.45, 7) is 2.46. The Balaban J connectivity index is 1.68. The Labute approximate surface area is 187 Å². The highest BCUT2D eigenvalue weighted by atomic mass is 35.5. The zero-order valence-corrected chi connectivity index (χ0v) is 18.7. The molecule has 1 aromatic heterocycles. The molecule has 2 heterocycles. The maximum atomic E-state index is 13.2. The molecule has 1 aliphatic heterocycles. The highest BCUT2D eigenvalue weighted by Crippen LogP contribution is 2.37. The zero-order chi connectivity index (χ0) is 22.8. The third-order valence-corrected chi connectivity index (χ3v) is 7.79. The number of hydrogen-bond donors (Lipinski definition) is 1. The number of nitrogens with zero attached hydrogens (tertiary/aromatic N) is 2. The third-order valence-electron chi connectivity index (χ3n) is 4.62. The van der Waals surface area contributed by atoms with Crippen LogP contribution in [0.4, 0.5) is 18.9 Å². The number of sulfonamides is 1. The molecule has 6 nitrogen and oxygen atoms in total. The maximum Gasteiger partial charge on any atom is 0.418 e. The number of alkyl halides is 3. The summed E-state index contributed by atoms with van der Waals surface area (Å²) >= 11 is 6.64. The lowest BCUT2D eigenvalue weighted by atomic mass is 10.1. The van der Waals surface area contributed by atoms with Gasteiger partial charge in [-0.1, -0.05) is 23.4 Å². The van der Waals surface area contributed by atoms with Crippen molar-refractivity contribution in [2.24, 2.45) is 0 Å². The molecule has 12 heteroatoms. The molecule has 0 saturated carbocycles. The van der Waals surface area contributed by atoms with Crippen LogP contribution < -0.4 is 5.32 Å². The summed E-state index contributed by atoms with van der Waals surface area (Å²) in [6.07, 6.45) is -1.82. The van der Waals surface area contributed by atoms with Crippen LogP contribution in [0.3, 0.4) is 0 Å². The van der Waals surface area contributed by atoms with Gasteiger partial charge in [-0.25, -0.2) is 13.4 Å². The first kappa shape index (κ1) is 23.8. The Morgan fingerprint density at radius 2 is 1.90 bits per heavy atom. The second kappa shape index (κ2) is 9.35. The molecular formula is C19H19ClF3N3O3S2. The largest absolute Gasteiger partial charge is 0.418 e. The monoisotopic (exact) mass is 493 g/mol. The van der Waals surface area contributed by atoms with Gasteiger partial charge in [0.05, 0.1) is 21.5 Å². The molecule has 1 fully saturated rings. The first-order valence-electron chi connectivity index (χ1n) is 9.29. The van der Waals surface area contributed by atoms with Gasteiger partial charge in [-0.3, -0.25) is 4.79 Å². The Morgan fingerprint density at radius 1 is 1.23 bits per heavy atom. The highest BCUT2D eigenvalue weighted by Gasteiger charge is 2.34. The van der Waals surface area contributed by atoms with Crippen LogP contribution in [-0.4, -0.2) is 42.0 Å². The lowest BCUT2D eigenvalue weighted by molar-refractivity contribution is -0.137. The van der Waals surface area contributed by atoms with Gasteiger partial charge in [0.25, 0.3) is 0 Å². The zero-order valence-electron chi connectivity index (χ0n) is 16.3. The summed E-state index contributed by atoms with van der Waals surface area (Å²) in [5, 5.41) is 1.76. The van der Waals surface area contributed by atoms with Gasteiger partial charge in [-0.05, 0) is 50.1 Å². The average Bonchev–Trinajstić information content (AvgIpc) is 3.24. The molecule has 1 atom stereocenters. The summed E-state index contributed by atoms with van der Waals surface area (Å²) in [5.41, 5.74) is -1.44. The highest BCUT2D eigenvalue weighted by molar-refractivity contribution is 8.00. The number of amides is 1. The second-order valence-electron chi connectivity index (χ2n) is 6.88. The van der Waals surface area contributed by atoms with E-state index in [0.29, 0.717) is 18.1 Å². The number of halogens is 4. The minimum absolute atomic E-state index is 0.0619. The minimum atomic E-state index is -4.68. The third kappa shape index (κ3) is 5.71. The van der Waals surface area contributed by atoms with Crippen molar-refractivity contribution < 1.29 is 26.4 Å². The molecule has 0 bridgehead atoms. The van der Waals surface area contributed by atoms with Gasteiger partial charge < -0.3 is 5.32 Å². The van der Waals surface area contributed by atoms with Crippen molar-refractivity contribution in [1.82, 2.24) is 9.29 Å². The van der Waals surface area contributed by atoms with Crippen LogP contribution in [0, 0.1) is 0 Å². The Bertz CT molecular complexity index is 1060. The topological polar surface area (TPSA) is 79.4 Å². The van der Waals surface area contributed by atoms with Gasteiger partial charge >= 0.3 is 6.18 Å². The van der Waals surface area contributed by atoms with Crippen molar-refractivity contribution in [2.75, 3.05) is 18.4 Å². The fourth-order valence-electron chi connectivity index (χ4n) is 3.00. The van der Waals surface area contributed by atoms with E-state index in [-0.39, 0.29) is 9.92 Å². The molecule has 0 aliphatic carbocycles. The number of anilines is 1. The van der Waals surface area contributed by atoms with Crippen LogP contribution in [0.5, 0.6) is 0 Å². The van der Waals surface area contributed by atoms with Crippen LogP contribution in [0.25, 0.3) is 0 Å². The van der Waals surface area contributed by atoms with E-state index in [9.17, 15) is 26.4 Å². The van der Waals surface area contributed by atoms with Crippen LogP contribution in [0.15, 0.2) is 46.5 Å². The summed E-state index contributed by atoms with van der Waals surface area (Å²) in [5.74, 6) is -0.659. The fraction of sp³-hybridized carbons (Fsp3) is 0.368. The normalized spacial score (nSPS) is 16.3. The summed E-state index contributed by atoms with van der Waals surface area (Å²) < 4.78 is 66.0. The number of hydrogen-bond acceptors (Lipinski definition) is 5. The number of aromatic nitrogens is 1. The van der Waals surface area contributed by atoms with Gasteiger partial charge in [-0.2, -0.15) is 17.5 Å². The van der Waals surface area contributed by atoms with Gasteiger partial charge in [0.2, 0.25) is 15.9 Å². The molecule has 0 spiro atoms. The molecule has 31 heavy (non-hydrogen) atoms. The van der Waals surface area contributed by atoms with Crippen LogP contribution in [0.2, 0.25) is 5.02 Å². The molecule has 0 radical (unpaired) electrons. The quantitative estimate of drug-likeness (QED) is 0.592. The minimum Gasteiger partial charge on any atom is -0.325 e. The SMILES string of the molecule is CC(Sc1ccc(S(=O)(=O)N2CCCC2)cn1)C(=O)Nc1ccc(Cl)cc1C(F)(F)F. The fourth-order valence-corrected chi connectivity index (χ4v) is 5.42. The molecule has 1 N–H and O–H groups in total. The first-order chi connectivity index (χ1) is 14.5. The first-order valence-corrected chi connectivity index (χ1v) is 12.0. The Morgan fingerprint density at radius 3 is 2.48 bits per heavy atom. The summed E-state index contributed by atoms with van der Waals surface area (Å²) in [6, 6.07) is 5.98. The van der Waals surface area contributed by atoms with Crippen molar-refractivity contribution >= 4 is 45.0 Å². The van der Waals surface area contributed by atoms with E-state index in [1.54, 1.807) is 0 Å². The number of carbonyl (C=O) groups is 1. The van der Waals surface area contributed by atoms with E-state index < -0.39 is 38.6 Å². The molecule has 2 aromatic rings. The number of nitrogens with one attached hydrogen (secondary N) is 1. The average molecular weight is 494 g/mol. The number of rotatable bonds is 6. The van der Waals surface area contributed by atoms with E-state index in [0.717, 1.165) is 36.7 Å². The van der Waals surface area contributed by atoms with Crippen LogP contribution >= 0.6 is 23.4 Å². The van der Waals surface area contributed by atoms with E-state index in [1.165, 1.54) is 35.6 Å². The van der Waals surface area contributed by atoms with E-state index in [2.05, 4.69) is 10.3 Å². The van der Waals surface area contributed by atoms with Crippen molar-refractivity contribution in [3.8, 4) is 0 Å². The lowest BCUT2D eigenvalue weighted by Crippen LogP contribution is -2.28. The smallest absolute Gasteiger partial charge is 0.325 e. The summed E-state index contributed by atoms with van der Waals surface area (Å²) in [4.78, 5) is 16.6. The summed E-state index contributed by atoms with van der Waals surface area (Å²) in [7, 11) is -3.60. The van der Waals surface area contributed by atoms with Crippen molar-refractivity contribution in [1.29, 1.82) is 0 Å². The molecule has 1 amide bonds. The predicted molar refractivity (Wildman–Crippen MR) is 113 cm³/mol. The molecule has 1 aliphatic rings. The van der Waals surface area contributed by atoms with E-state index in [1.807, 2.05) is 0 Å². The van der Waals surface area contributed by atoms with E-state index >= 15 is 0 Å². The number of carbonyl (C=O) groups excluding carboxylic acids is 1. The standard InChI is InChI=1S/C19H19ClF3N3O3S2/c1-12(18(27)25-16-6-4-13(20)10-15(16)19(21,22)23)30-17-7-5-14(11-24-17)31(28,29)26-8-2-3-9-26/h4-7,10-12H,2-3,8-9H2,1H3,(H,25,27). The van der Waals surface area contributed by atoms with Crippen molar-refractivity contribution in [2.45, 2.75) is 41.1 Å². The van der Waals surface area contributed by atoms with Crippen molar-refractivity contribution in [3.63, 3.8) is 0 Å². The van der Waals surface area contributed by atoms with Crippen LogP contribution in [0.1, 0.15) is 25.3 Å². The molecule has 1 aromatic carbocycles. The van der Waals surface area contributed by atoms with E-state index in [4.69, 9.17) is 11.6 Å². The molecule has 3 rings (SSSR count). The Kier molecular flexibility index (Phi) is 7.19. The van der Waals surface area contributed by atoms with Gasteiger partial charge in [-0.15, -0.1) is 0 Å². The second-order valence-corrected chi connectivity index (χ2v) is 10.6. The van der Waals surface area contributed by atoms with Crippen LogP contribution in [-0.2, 0) is 21.0 Å². The Hall–Kier alpha value is -1.82. The lowest BCUT2D eigenvalue weighted by Gasteiger charge is -2.17. The number of pyridine rings is 1. The number of benzene rings is 1. The predicted octanol–water partition coefficient (Wildman–Crippen LogP) is 4.66. The molecule has 168 valence electrons. The number of thioether (sulfide) groups is 1. The van der Waals surface area contributed by atoms with Gasteiger partial charge in [0.1, 0.15) is 4.90 Å². The molecule has 1 unspecified atom stereocenters.